The average molecular weight is 458 g/mol. The maximum absolute atomic E-state index is 12.4. The fourth-order valence-corrected chi connectivity index (χ4v) is 2.83. The summed E-state index contributed by atoms with van der Waals surface area (Å²) in [6.45, 7) is -1.79. The summed E-state index contributed by atoms with van der Waals surface area (Å²) in [6, 6.07) is 12.5. The zero-order chi connectivity index (χ0) is 23.4. The van der Waals surface area contributed by atoms with Crippen LogP contribution in [0.15, 0.2) is 53.2 Å². The largest absolute Gasteiger partial charge is 0.411 e. The molecule has 0 saturated carbocycles. The lowest BCUT2D eigenvalue weighted by Gasteiger charge is -2.17. The van der Waals surface area contributed by atoms with Gasteiger partial charge in [0, 0.05) is 18.9 Å². The first-order valence-electron chi connectivity index (χ1n) is 9.53. The van der Waals surface area contributed by atoms with Gasteiger partial charge in [0.05, 0.1) is 17.9 Å². The van der Waals surface area contributed by atoms with Gasteiger partial charge in [0.2, 0.25) is 23.5 Å². The molecule has 0 amide bonds. The van der Waals surface area contributed by atoms with Gasteiger partial charge in [-0.15, -0.1) is 0 Å². The molecule has 0 aliphatic carbocycles. The van der Waals surface area contributed by atoms with Gasteiger partial charge in [0.1, 0.15) is 6.61 Å². The van der Waals surface area contributed by atoms with Crippen LogP contribution in [0.4, 0.5) is 30.8 Å². The molecule has 0 spiro atoms. The highest BCUT2D eigenvalue weighted by Gasteiger charge is 2.28. The standard InChI is InChI=1S/C20H17F3N8O2/c1-31(12-6-3-2-4-7-12)19-28-15(27-18(24)29-19)16-26-17(33-30-16)13-8-5-9-25-14(13)10-32-11-20(21,22)23/h2-9H,10-11H2,1H3,(H2,24,27,28,29). The highest BCUT2D eigenvalue weighted by Crippen LogP contribution is 2.26. The summed E-state index contributed by atoms with van der Waals surface area (Å²) in [5.74, 6) is 0.312. The monoisotopic (exact) mass is 458 g/mol. The van der Waals surface area contributed by atoms with Gasteiger partial charge in [-0.2, -0.15) is 33.1 Å². The van der Waals surface area contributed by atoms with E-state index in [-0.39, 0.29) is 35.1 Å². The molecule has 3 heterocycles. The van der Waals surface area contributed by atoms with Crippen molar-refractivity contribution >= 4 is 17.6 Å². The molecular formula is C20H17F3N8O2. The minimum atomic E-state index is -4.45. The molecule has 3 aromatic heterocycles. The Bertz CT molecular complexity index is 1230. The van der Waals surface area contributed by atoms with Crippen molar-refractivity contribution in [3.05, 3.63) is 54.4 Å². The van der Waals surface area contributed by atoms with Crippen molar-refractivity contribution in [2.75, 3.05) is 24.3 Å². The molecule has 0 bridgehead atoms. The Morgan fingerprint density at radius 3 is 2.55 bits per heavy atom. The van der Waals surface area contributed by atoms with Crippen molar-refractivity contribution < 1.29 is 22.4 Å². The van der Waals surface area contributed by atoms with Crippen LogP contribution in [0.2, 0.25) is 0 Å². The number of nitrogens with two attached hydrogens (primary N) is 1. The second-order valence-electron chi connectivity index (χ2n) is 6.74. The molecule has 13 heteroatoms. The van der Waals surface area contributed by atoms with Crippen molar-refractivity contribution in [2.24, 2.45) is 0 Å². The van der Waals surface area contributed by atoms with E-state index >= 15 is 0 Å². The zero-order valence-corrected chi connectivity index (χ0v) is 17.2. The molecule has 0 atom stereocenters. The number of anilines is 3. The summed E-state index contributed by atoms with van der Waals surface area (Å²) in [7, 11) is 1.76. The predicted molar refractivity (Wildman–Crippen MR) is 111 cm³/mol. The maximum Gasteiger partial charge on any atom is 0.411 e. The number of nitrogen functional groups attached to an aromatic ring is 1. The molecule has 0 radical (unpaired) electrons. The molecule has 0 unspecified atom stereocenters. The van der Waals surface area contributed by atoms with E-state index in [4.69, 9.17) is 15.0 Å². The molecule has 0 aliphatic heterocycles. The van der Waals surface area contributed by atoms with E-state index in [0.29, 0.717) is 5.56 Å². The molecule has 33 heavy (non-hydrogen) atoms. The van der Waals surface area contributed by atoms with Crippen molar-refractivity contribution in [3.63, 3.8) is 0 Å². The van der Waals surface area contributed by atoms with E-state index in [1.807, 2.05) is 30.3 Å². The highest BCUT2D eigenvalue weighted by atomic mass is 19.4. The molecular weight excluding hydrogens is 441 g/mol. The van der Waals surface area contributed by atoms with Crippen LogP contribution < -0.4 is 10.6 Å². The number of halogens is 3. The second-order valence-corrected chi connectivity index (χ2v) is 6.74. The Labute approximate surface area is 185 Å². The van der Waals surface area contributed by atoms with E-state index in [1.54, 1.807) is 24.1 Å². The summed E-state index contributed by atoms with van der Waals surface area (Å²) in [5, 5.41) is 3.88. The lowest BCUT2D eigenvalue weighted by molar-refractivity contribution is -0.176. The van der Waals surface area contributed by atoms with Crippen molar-refractivity contribution in [2.45, 2.75) is 12.8 Å². The lowest BCUT2D eigenvalue weighted by atomic mass is 10.2. The quantitative estimate of drug-likeness (QED) is 0.440. The number of hydrogen-bond acceptors (Lipinski definition) is 10. The molecule has 170 valence electrons. The highest BCUT2D eigenvalue weighted by molar-refractivity contribution is 5.61. The van der Waals surface area contributed by atoms with Gasteiger partial charge in [-0.1, -0.05) is 23.4 Å². The Balaban J connectivity index is 1.60. The number of benzene rings is 1. The van der Waals surface area contributed by atoms with Gasteiger partial charge < -0.3 is 19.9 Å². The zero-order valence-electron chi connectivity index (χ0n) is 17.2. The molecule has 0 fully saturated rings. The van der Waals surface area contributed by atoms with E-state index in [2.05, 4.69) is 30.1 Å². The molecule has 4 rings (SSSR count). The predicted octanol–water partition coefficient (Wildman–Crippen LogP) is 3.41. The summed E-state index contributed by atoms with van der Waals surface area (Å²) < 4.78 is 47.1. The third-order valence-electron chi connectivity index (χ3n) is 4.34. The van der Waals surface area contributed by atoms with Crippen molar-refractivity contribution in [3.8, 4) is 23.1 Å². The maximum atomic E-state index is 12.4. The first kappa shape index (κ1) is 22.1. The minimum Gasteiger partial charge on any atom is -0.368 e. The van der Waals surface area contributed by atoms with Gasteiger partial charge >= 0.3 is 6.18 Å². The van der Waals surface area contributed by atoms with Crippen molar-refractivity contribution in [1.29, 1.82) is 0 Å². The Morgan fingerprint density at radius 2 is 1.79 bits per heavy atom. The Hall–Kier alpha value is -4.13. The van der Waals surface area contributed by atoms with Crippen LogP contribution in [-0.2, 0) is 11.3 Å². The van der Waals surface area contributed by atoms with Crippen LogP contribution in [0.5, 0.6) is 0 Å². The van der Waals surface area contributed by atoms with Crippen LogP contribution in [0.3, 0.4) is 0 Å². The fraction of sp³-hybridized carbons (Fsp3) is 0.200. The first-order valence-corrected chi connectivity index (χ1v) is 9.53. The van der Waals surface area contributed by atoms with Crippen LogP contribution >= 0.6 is 0 Å². The van der Waals surface area contributed by atoms with E-state index in [1.165, 1.54) is 6.20 Å². The third kappa shape index (κ3) is 5.38. The van der Waals surface area contributed by atoms with E-state index in [0.717, 1.165) is 5.69 Å². The molecule has 4 aromatic rings. The summed E-state index contributed by atoms with van der Waals surface area (Å²) in [5.41, 5.74) is 7.20. The topological polar surface area (TPSA) is 129 Å². The number of ether oxygens (including phenoxy) is 1. The minimum absolute atomic E-state index is 0.0145. The normalized spacial score (nSPS) is 11.5. The van der Waals surface area contributed by atoms with Crippen molar-refractivity contribution in [1.82, 2.24) is 30.1 Å². The molecule has 1 aromatic carbocycles. The average Bonchev–Trinajstić information content (AvgIpc) is 3.28. The smallest absolute Gasteiger partial charge is 0.368 e. The van der Waals surface area contributed by atoms with Crippen LogP contribution in [0.1, 0.15) is 5.69 Å². The van der Waals surface area contributed by atoms with Crippen LogP contribution in [0, 0.1) is 0 Å². The fourth-order valence-electron chi connectivity index (χ4n) is 2.83. The number of para-hydroxylation sites is 1. The second kappa shape index (κ2) is 9.16. The Kier molecular flexibility index (Phi) is 6.13. The van der Waals surface area contributed by atoms with Crippen LogP contribution in [0.25, 0.3) is 23.1 Å². The van der Waals surface area contributed by atoms with Crippen LogP contribution in [-0.4, -0.2) is 49.9 Å². The first-order chi connectivity index (χ1) is 15.8. The third-order valence-corrected chi connectivity index (χ3v) is 4.34. The molecule has 10 nitrogen and oxygen atoms in total. The van der Waals surface area contributed by atoms with Gasteiger partial charge in [0.15, 0.2) is 0 Å². The van der Waals surface area contributed by atoms with Gasteiger partial charge in [-0.3, -0.25) is 4.98 Å². The number of aromatic nitrogens is 6. The van der Waals surface area contributed by atoms with Gasteiger partial charge in [-0.05, 0) is 24.3 Å². The number of alkyl halides is 3. The number of pyridine rings is 1. The number of rotatable bonds is 7. The van der Waals surface area contributed by atoms with E-state index < -0.39 is 19.4 Å². The Morgan fingerprint density at radius 1 is 1.00 bits per heavy atom. The summed E-state index contributed by atoms with van der Waals surface area (Å²) in [4.78, 5) is 22.6. The number of nitrogens with zero attached hydrogens (tertiary/aromatic N) is 7. The molecule has 2 N–H and O–H groups in total. The lowest BCUT2D eigenvalue weighted by Crippen LogP contribution is -2.17. The molecule has 0 saturated heterocycles. The summed E-state index contributed by atoms with van der Waals surface area (Å²) in [6.07, 6.45) is -3.03. The SMILES string of the molecule is CN(c1ccccc1)c1nc(N)nc(-c2noc(-c3cccnc3COCC(F)(F)F)n2)n1. The van der Waals surface area contributed by atoms with Gasteiger partial charge in [0.25, 0.3) is 5.89 Å². The molecule has 0 aliphatic rings. The van der Waals surface area contributed by atoms with Gasteiger partial charge in [-0.25, -0.2) is 0 Å². The summed E-state index contributed by atoms with van der Waals surface area (Å²) >= 11 is 0. The number of hydrogen-bond donors (Lipinski definition) is 1. The van der Waals surface area contributed by atoms with E-state index in [9.17, 15) is 13.2 Å².